The largest absolute Gasteiger partial charge is 0.352 e. The Kier molecular flexibility index (Phi) is 11.0. The fourth-order valence-corrected chi connectivity index (χ4v) is 6.57. The number of nitrogens with one attached hydrogen (secondary N) is 1. The molecule has 4 aromatic carbocycles. The molecule has 0 saturated heterocycles. The van der Waals surface area contributed by atoms with Crippen molar-refractivity contribution in [3.63, 3.8) is 0 Å². The summed E-state index contributed by atoms with van der Waals surface area (Å²) in [5, 5.41) is 2.98. The lowest BCUT2D eigenvalue weighted by atomic mass is 10.0. The number of benzene rings is 4. The summed E-state index contributed by atoms with van der Waals surface area (Å²) in [6.07, 6.45) is 0.847. The van der Waals surface area contributed by atoms with Crippen molar-refractivity contribution in [1.82, 2.24) is 10.2 Å². The van der Waals surface area contributed by atoms with Crippen LogP contribution in [0.2, 0.25) is 0 Å². The second-order valence-electron chi connectivity index (χ2n) is 11.2. The highest BCUT2D eigenvalue weighted by molar-refractivity contribution is 7.92. The first kappa shape index (κ1) is 32.5. The van der Waals surface area contributed by atoms with Crippen LogP contribution >= 0.6 is 0 Å². The van der Waals surface area contributed by atoms with E-state index in [1.807, 2.05) is 100 Å². The molecule has 0 fully saturated rings. The highest BCUT2D eigenvalue weighted by Crippen LogP contribution is 2.28. The molecular formula is C36H41N3O4S. The number of rotatable bonds is 13. The van der Waals surface area contributed by atoms with Crippen molar-refractivity contribution in [2.24, 2.45) is 0 Å². The summed E-state index contributed by atoms with van der Waals surface area (Å²) in [5.74, 6) is -0.773. The molecule has 0 unspecified atom stereocenters. The van der Waals surface area contributed by atoms with Crippen molar-refractivity contribution in [2.75, 3.05) is 10.8 Å². The van der Waals surface area contributed by atoms with Gasteiger partial charge in [-0.1, -0.05) is 103 Å². The Morgan fingerprint density at radius 3 is 1.93 bits per heavy atom. The quantitative estimate of drug-likeness (QED) is 0.204. The Morgan fingerprint density at radius 1 is 0.773 bits per heavy atom. The third-order valence-corrected chi connectivity index (χ3v) is 9.20. The highest BCUT2D eigenvalue weighted by atomic mass is 32.2. The first-order valence-electron chi connectivity index (χ1n) is 14.9. The van der Waals surface area contributed by atoms with E-state index in [0.29, 0.717) is 12.1 Å². The number of nitrogens with zero attached hydrogens (tertiary/aromatic N) is 2. The molecule has 4 aromatic rings. The van der Waals surface area contributed by atoms with Gasteiger partial charge >= 0.3 is 0 Å². The van der Waals surface area contributed by atoms with Crippen molar-refractivity contribution in [3.8, 4) is 0 Å². The van der Waals surface area contributed by atoms with E-state index in [0.717, 1.165) is 22.3 Å². The molecule has 230 valence electrons. The van der Waals surface area contributed by atoms with E-state index in [4.69, 9.17) is 0 Å². The van der Waals surface area contributed by atoms with E-state index < -0.39 is 28.5 Å². The second-order valence-corrected chi connectivity index (χ2v) is 13.0. The Balaban J connectivity index is 1.82. The molecule has 7 nitrogen and oxygen atoms in total. The molecule has 0 aromatic heterocycles. The molecule has 0 heterocycles. The Morgan fingerprint density at radius 2 is 1.34 bits per heavy atom. The molecule has 0 aliphatic carbocycles. The number of carbonyl (C=O) groups excluding carboxylic acids is 2. The van der Waals surface area contributed by atoms with Crippen molar-refractivity contribution in [3.05, 3.63) is 131 Å². The van der Waals surface area contributed by atoms with E-state index in [1.165, 1.54) is 9.21 Å². The number of para-hydroxylation sites is 1. The molecular weight excluding hydrogens is 570 g/mol. The number of aryl methyl sites for hydroxylation is 2. The number of carbonyl (C=O) groups is 2. The maximum absolute atomic E-state index is 14.5. The average Bonchev–Trinajstić information content (AvgIpc) is 3.02. The second kappa shape index (κ2) is 14.8. The number of amides is 2. The molecule has 0 saturated carbocycles. The van der Waals surface area contributed by atoms with Gasteiger partial charge in [0.2, 0.25) is 11.8 Å². The minimum Gasteiger partial charge on any atom is -0.352 e. The minimum absolute atomic E-state index is 0.0924. The van der Waals surface area contributed by atoms with Crippen LogP contribution < -0.4 is 9.62 Å². The van der Waals surface area contributed by atoms with Gasteiger partial charge in [-0.2, -0.15) is 0 Å². The molecule has 0 spiro atoms. The summed E-state index contributed by atoms with van der Waals surface area (Å²) in [5.41, 5.74) is 3.88. The fraction of sp³-hybridized carbons (Fsp3) is 0.278. The summed E-state index contributed by atoms with van der Waals surface area (Å²) in [7, 11) is -4.14. The van der Waals surface area contributed by atoms with Crippen molar-refractivity contribution < 1.29 is 18.0 Å². The van der Waals surface area contributed by atoms with Crippen LogP contribution in [0.15, 0.2) is 114 Å². The zero-order chi connectivity index (χ0) is 31.7. The number of sulfonamides is 1. The van der Waals surface area contributed by atoms with Crippen molar-refractivity contribution >= 4 is 27.5 Å². The smallest absolute Gasteiger partial charge is 0.264 e. The molecule has 0 aliphatic rings. The topological polar surface area (TPSA) is 86.8 Å². The van der Waals surface area contributed by atoms with Crippen LogP contribution in [0, 0.1) is 6.92 Å². The molecule has 0 aliphatic heterocycles. The summed E-state index contributed by atoms with van der Waals surface area (Å²) in [6, 6.07) is 31.8. The van der Waals surface area contributed by atoms with Crippen LogP contribution in [0.5, 0.6) is 0 Å². The normalized spacial score (nSPS) is 12.0. The van der Waals surface area contributed by atoms with Crippen molar-refractivity contribution in [2.45, 2.75) is 64.1 Å². The summed E-state index contributed by atoms with van der Waals surface area (Å²) >= 11 is 0. The lowest BCUT2D eigenvalue weighted by molar-refractivity contribution is -0.140. The van der Waals surface area contributed by atoms with Crippen LogP contribution in [-0.4, -0.2) is 43.8 Å². The molecule has 1 atom stereocenters. The number of hydrogen-bond acceptors (Lipinski definition) is 4. The number of anilines is 1. The van der Waals surface area contributed by atoms with E-state index >= 15 is 0 Å². The van der Waals surface area contributed by atoms with Crippen LogP contribution in [0.3, 0.4) is 0 Å². The zero-order valence-electron chi connectivity index (χ0n) is 25.8. The molecule has 44 heavy (non-hydrogen) atoms. The zero-order valence-corrected chi connectivity index (χ0v) is 26.6. The lowest BCUT2D eigenvalue weighted by Gasteiger charge is -2.34. The van der Waals surface area contributed by atoms with Gasteiger partial charge in [0.25, 0.3) is 10.0 Å². The SMILES string of the molecule is CCc1ccccc1N(CC(=O)N(Cc1ccccc1)[C@@H](Cc1ccccc1)C(=O)NC(C)C)S(=O)(=O)c1ccc(C)cc1. The van der Waals surface area contributed by atoms with E-state index in [1.54, 1.807) is 36.4 Å². The Bertz CT molecular complexity index is 1640. The van der Waals surface area contributed by atoms with Gasteiger partial charge in [0.1, 0.15) is 12.6 Å². The summed E-state index contributed by atoms with van der Waals surface area (Å²) in [6.45, 7) is 7.25. The van der Waals surface area contributed by atoms with Crippen LogP contribution in [0.25, 0.3) is 0 Å². The third-order valence-electron chi connectivity index (χ3n) is 7.43. The van der Waals surface area contributed by atoms with Gasteiger partial charge in [-0.05, 0) is 62.1 Å². The van der Waals surface area contributed by atoms with Gasteiger partial charge < -0.3 is 10.2 Å². The molecule has 0 radical (unpaired) electrons. The molecule has 8 heteroatoms. The first-order chi connectivity index (χ1) is 21.1. The van der Waals surface area contributed by atoms with Gasteiger partial charge in [0.05, 0.1) is 10.6 Å². The standard InChI is InChI=1S/C36H41N3O4S/c1-5-31-18-12-13-19-33(31)39(44(42,43)32-22-20-28(4)21-23-32)26-35(40)38(25-30-16-10-7-11-17-30)34(36(41)37-27(2)3)24-29-14-8-6-9-15-29/h6-23,27,34H,5,24-26H2,1-4H3,(H,37,41)/t34-/m0/s1. The van der Waals surface area contributed by atoms with Gasteiger partial charge in [0.15, 0.2) is 0 Å². The van der Waals surface area contributed by atoms with E-state index in [-0.39, 0.29) is 29.8 Å². The maximum atomic E-state index is 14.5. The van der Waals surface area contributed by atoms with Gasteiger partial charge in [-0.3, -0.25) is 13.9 Å². The highest BCUT2D eigenvalue weighted by Gasteiger charge is 2.35. The predicted molar refractivity (Wildman–Crippen MR) is 176 cm³/mol. The fourth-order valence-electron chi connectivity index (χ4n) is 5.12. The van der Waals surface area contributed by atoms with Crippen LogP contribution in [0.4, 0.5) is 5.69 Å². The van der Waals surface area contributed by atoms with E-state index in [2.05, 4.69) is 5.32 Å². The van der Waals surface area contributed by atoms with Crippen LogP contribution in [-0.2, 0) is 39.0 Å². The summed E-state index contributed by atoms with van der Waals surface area (Å²) in [4.78, 5) is 29.9. The average molecular weight is 612 g/mol. The molecule has 1 N–H and O–H groups in total. The van der Waals surface area contributed by atoms with Gasteiger partial charge in [-0.25, -0.2) is 8.42 Å². The van der Waals surface area contributed by atoms with Crippen molar-refractivity contribution in [1.29, 1.82) is 0 Å². The monoisotopic (exact) mass is 611 g/mol. The Hall–Kier alpha value is -4.43. The third kappa shape index (κ3) is 8.14. The minimum atomic E-state index is -4.14. The van der Waals surface area contributed by atoms with Gasteiger partial charge in [-0.15, -0.1) is 0 Å². The molecule has 4 rings (SSSR count). The van der Waals surface area contributed by atoms with Gasteiger partial charge in [0, 0.05) is 19.0 Å². The predicted octanol–water partition coefficient (Wildman–Crippen LogP) is 5.92. The van der Waals surface area contributed by atoms with E-state index in [9.17, 15) is 18.0 Å². The lowest BCUT2D eigenvalue weighted by Crippen LogP contribution is -2.54. The summed E-state index contributed by atoms with van der Waals surface area (Å²) < 4.78 is 29.7. The molecule has 2 amide bonds. The Labute approximate surface area is 261 Å². The maximum Gasteiger partial charge on any atom is 0.264 e. The molecule has 0 bridgehead atoms. The van der Waals surface area contributed by atoms with Crippen LogP contribution in [0.1, 0.15) is 43.0 Å². The first-order valence-corrected chi connectivity index (χ1v) is 16.4. The number of hydrogen-bond donors (Lipinski definition) is 1.